The van der Waals surface area contributed by atoms with Crippen LogP contribution in [0.25, 0.3) is 0 Å². The van der Waals surface area contributed by atoms with Crippen molar-refractivity contribution in [1.82, 2.24) is 5.32 Å². The van der Waals surface area contributed by atoms with Crippen LogP contribution in [0.3, 0.4) is 0 Å². The average Bonchev–Trinajstić information content (AvgIpc) is 2.47. The molecule has 0 unspecified atom stereocenters. The first-order valence-electron chi connectivity index (χ1n) is 7.01. The van der Waals surface area contributed by atoms with Gasteiger partial charge in [-0.15, -0.1) is 0 Å². The molecule has 0 saturated heterocycles. The number of aryl methyl sites for hydroxylation is 1. The molecule has 2 aromatic rings. The maximum absolute atomic E-state index is 12.0. The molecule has 0 radical (unpaired) electrons. The van der Waals surface area contributed by atoms with Gasteiger partial charge in [-0.25, -0.2) is 0 Å². The lowest BCUT2D eigenvalue weighted by atomic mass is 10.1. The molecule has 0 saturated carbocycles. The number of hydrogen-bond acceptors (Lipinski definition) is 2. The van der Waals surface area contributed by atoms with Crippen LogP contribution in [0.5, 0.6) is 0 Å². The zero-order chi connectivity index (χ0) is 16.1. The monoisotopic (exact) mass is 336 g/mol. The van der Waals surface area contributed by atoms with E-state index < -0.39 is 0 Å². The molecule has 2 aromatic carbocycles. The van der Waals surface area contributed by atoms with Crippen molar-refractivity contribution in [2.24, 2.45) is 0 Å². The third kappa shape index (κ3) is 4.47. The SMILES string of the molecule is Cc1ccccc1NC(=O)CN[C@@H](C)c1ccc(Cl)cc1Cl. The van der Waals surface area contributed by atoms with Crippen LogP contribution in [0.1, 0.15) is 24.1 Å². The van der Waals surface area contributed by atoms with Crippen LogP contribution in [0.15, 0.2) is 42.5 Å². The molecule has 0 aromatic heterocycles. The van der Waals surface area contributed by atoms with E-state index in [9.17, 15) is 4.79 Å². The Kier molecular flexibility index (Phi) is 5.83. The van der Waals surface area contributed by atoms with Gasteiger partial charge in [0, 0.05) is 21.8 Å². The van der Waals surface area contributed by atoms with Gasteiger partial charge < -0.3 is 10.6 Å². The van der Waals surface area contributed by atoms with Gasteiger partial charge in [-0.3, -0.25) is 4.79 Å². The third-order valence-electron chi connectivity index (χ3n) is 3.42. The van der Waals surface area contributed by atoms with Crippen molar-refractivity contribution in [1.29, 1.82) is 0 Å². The molecule has 0 fully saturated rings. The highest BCUT2D eigenvalue weighted by atomic mass is 35.5. The van der Waals surface area contributed by atoms with Crippen molar-refractivity contribution in [3.8, 4) is 0 Å². The number of halogens is 2. The first-order chi connectivity index (χ1) is 10.5. The molecule has 0 spiro atoms. The first kappa shape index (κ1) is 16.8. The van der Waals surface area contributed by atoms with Gasteiger partial charge >= 0.3 is 0 Å². The van der Waals surface area contributed by atoms with Crippen LogP contribution in [0, 0.1) is 6.92 Å². The summed E-state index contributed by atoms with van der Waals surface area (Å²) < 4.78 is 0. The van der Waals surface area contributed by atoms with Crippen LogP contribution in [0.2, 0.25) is 10.0 Å². The van der Waals surface area contributed by atoms with E-state index in [2.05, 4.69) is 10.6 Å². The third-order valence-corrected chi connectivity index (χ3v) is 3.98. The number of benzene rings is 2. The smallest absolute Gasteiger partial charge is 0.238 e. The Morgan fingerprint density at radius 3 is 2.59 bits per heavy atom. The summed E-state index contributed by atoms with van der Waals surface area (Å²) in [5.74, 6) is -0.0914. The van der Waals surface area contributed by atoms with Gasteiger partial charge in [0.1, 0.15) is 0 Å². The van der Waals surface area contributed by atoms with Gasteiger partial charge in [0.15, 0.2) is 0 Å². The molecule has 2 N–H and O–H groups in total. The van der Waals surface area contributed by atoms with E-state index in [1.807, 2.05) is 44.2 Å². The summed E-state index contributed by atoms with van der Waals surface area (Å²) in [7, 11) is 0. The Labute approximate surface area is 140 Å². The number of hydrogen-bond donors (Lipinski definition) is 2. The Hall–Kier alpha value is -1.55. The highest BCUT2D eigenvalue weighted by molar-refractivity contribution is 6.35. The Morgan fingerprint density at radius 1 is 1.18 bits per heavy atom. The summed E-state index contributed by atoms with van der Waals surface area (Å²) >= 11 is 12.1. The molecule has 1 atom stereocenters. The molecule has 116 valence electrons. The summed E-state index contributed by atoms with van der Waals surface area (Å²) in [5.41, 5.74) is 2.77. The number of carbonyl (C=O) groups is 1. The summed E-state index contributed by atoms with van der Waals surface area (Å²) in [6, 6.07) is 13.0. The first-order valence-corrected chi connectivity index (χ1v) is 7.77. The highest BCUT2D eigenvalue weighted by Gasteiger charge is 2.11. The largest absolute Gasteiger partial charge is 0.325 e. The number of amides is 1. The molecular formula is C17H18Cl2N2O. The molecule has 2 rings (SSSR count). The zero-order valence-electron chi connectivity index (χ0n) is 12.5. The minimum Gasteiger partial charge on any atom is -0.325 e. The fourth-order valence-corrected chi connectivity index (χ4v) is 2.69. The highest BCUT2D eigenvalue weighted by Crippen LogP contribution is 2.25. The van der Waals surface area contributed by atoms with E-state index in [0.29, 0.717) is 10.0 Å². The summed E-state index contributed by atoms with van der Waals surface area (Å²) in [6.45, 7) is 4.11. The molecule has 0 heterocycles. The van der Waals surface area contributed by atoms with Crippen molar-refractivity contribution in [3.63, 3.8) is 0 Å². The zero-order valence-corrected chi connectivity index (χ0v) is 14.0. The summed E-state index contributed by atoms with van der Waals surface area (Å²) in [4.78, 5) is 12.0. The molecule has 3 nitrogen and oxygen atoms in total. The molecular weight excluding hydrogens is 319 g/mol. The summed E-state index contributed by atoms with van der Waals surface area (Å²) in [6.07, 6.45) is 0. The Balaban J connectivity index is 1.92. The maximum Gasteiger partial charge on any atom is 0.238 e. The average molecular weight is 337 g/mol. The summed E-state index contributed by atoms with van der Waals surface area (Å²) in [5, 5.41) is 7.23. The van der Waals surface area contributed by atoms with E-state index in [0.717, 1.165) is 16.8 Å². The van der Waals surface area contributed by atoms with E-state index in [4.69, 9.17) is 23.2 Å². The van der Waals surface area contributed by atoms with Crippen molar-refractivity contribution in [2.75, 3.05) is 11.9 Å². The van der Waals surface area contributed by atoms with E-state index in [1.54, 1.807) is 12.1 Å². The Morgan fingerprint density at radius 2 is 1.91 bits per heavy atom. The van der Waals surface area contributed by atoms with E-state index >= 15 is 0 Å². The second-order valence-corrected chi connectivity index (χ2v) is 5.98. The van der Waals surface area contributed by atoms with Gasteiger partial charge in [0.05, 0.1) is 6.54 Å². The second kappa shape index (κ2) is 7.63. The normalized spacial score (nSPS) is 12.0. The number of nitrogens with one attached hydrogen (secondary N) is 2. The number of carbonyl (C=O) groups excluding carboxylic acids is 1. The molecule has 22 heavy (non-hydrogen) atoms. The molecule has 0 aliphatic carbocycles. The predicted octanol–water partition coefficient (Wildman–Crippen LogP) is 4.59. The fraction of sp³-hybridized carbons (Fsp3) is 0.235. The van der Waals surface area contributed by atoms with Gasteiger partial charge in [0.25, 0.3) is 0 Å². The second-order valence-electron chi connectivity index (χ2n) is 5.13. The van der Waals surface area contributed by atoms with Crippen molar-refractivity contribution in [2.45, 2.75) is 19.9 Å². The van der Waals surface area contributed by atoms with E-state index in [1.165, 1.54) is 0 Å². The quantitative estimate of drug-likeness (QED) is 0.838. The van der Waals surface area contributed by atoms with Crippen LogP contribution in [0.4, 0.5) is 5.69 Å². The lowest BCUT2D eigenvalue weighted by Crippen LogP contribution is -2.30. The predicted molar refractivity (Wildman–Crippen MR) is 92.7 cm³/mol. The Bertz CT molecular complexity index is 673. The lowest BCUT2D eigenvalue weighted by Gasteiger charge is -2.16. The van der Waals surface area contributed by atoms with Crippen LogP contribution < -0.4 is 10.6 Å². The van der Waals surface area contributed by atoms with Crippen LogP contribution in [-0.4, -0.2) is 12.5 Å². The standard InChI is InChI=1S/C17H18Cl2N2O/c1-11-5-3-4-6-16(11)21-17(22)10-20-12(2)14-8-7-13(18)9-15(14)19/h3-9,12,20H,10H2,1-2H3,(H,21,22)/t12-/m0/s1. The topological polar surface area (TPSA) is 41.1 Å². The van der Waals surface area contributed by atoms with E-state index in [-0.39, 0.29) is 18.5 Å². The minimum atomic E-state index is -0.0914. The van der Waals surface area contributed by atoms with Crippen LogP contribution in [-0.2, 0) is 4.79 Å². The lowest BCUT2D eigenvalue weighted by molar-refractivity contribution is -0.115. The minimum absolute atomic E-state index is 0.0487. The number of para-hydroxylation sites is 1. The van der Waals surface area contributed by atoms with Crippen LogP contribution >= 0.6 is 23.2 Å². The molecule has 0 aliphatic heterocycles. The van der Waals surface area contributed by atoms with Crippen molar-refractivity contribution >= 4 is 34.8 Å². The molecule has 1 amide bonds. The fourth-order valence-electron chi connectivity index (χ4n) is 2.12. The van der Waals surface area contributed by atoms with Crippen molar-refractivity contribution < 1.29 is 4.79 Å². The van der Waals surface area contributed by atoms with Gasteiger partial charge in [-0.1, -0.05) is 47.5 Å². The molecule has 5 heteroatoms. The van der Waals surface area contributed by atoms with Gasteiger partial charge in [-0.2, -0.15) is 0 Å². The number of rotatable bonds is 5. The van der Waals surface area contributed by atoms with Gasteiger partial charge in [-0.05, 0) is 43.2 Å². The number of anilines is 1. The maximum atomic E-state index is 12.0. The molecule has 0 bridgehead atoms. The van der Waals surface area contributed by atoms with Crippen molar-refractivity contribution in [3.05, 3.63) is 63.6 Å². The van der Waals surface area contributed by atoms with Gasteiger partial charge in [0.2, 0.25) is 5.91 Å². The molecule has 0 aliphatic rings.